The van der Waals surface area contributed by atoms with Gasteiger partial charge in [0.05, 0.1) is 23.1 Å². The van der Waals surface area contributed by atoms with Crippen molar-refractivity contribution in [2.75, 3.05) is 39.8 Å². The van der Waals surface area contributed by atoms with Crippen molar-refractivity contribution >= 4 is 35.0 Å². The van der Waals surface area contributed by atoms with Crippen molar-refractivity contribution in [1.82, 2.24) is 9.80 Å². The number of nitrogens with zero attached hydrogens (tertiary/aromatic N) is 2. The second kappa shape index (κ2) is 8.67. The zero-order valence-electron chi connectivity index (χ0n) is 13.5. The van der Waals surface area contributed by atoms with Crippen LogP contribution in [0.3, 0.4) is 0 Å². The Bertz CT molecular complexity index is 600. The number of halogens is 2. The van der Waals surface area contributed by atoms with Crippen molar-refractivity contribution in [2.45, 2.75) is 12.5 Å². The Morgan fingerprint density at radius 2 is 1.83 bits per heavy atom. The van der Waals surface area contributed by atoms with E-state index in [1.165, 1.54) is 7.11 Å². The Hall–Kier alpha value is -1.34. The standard InChI is InChI=1S/C16H21Cl2N3O3/c1-24-12(10-19)9-15(22)20-4-6-21(7-5-20)16(23)13-3-2-11(17)8-14(13)18/h2-3,8,12H,4-7,9-10,19H2,1H3. The Morgan fingerprint density at radius 1 is 1.21 bits per heavy atom. The van der Waals surface area contributed by atoms with Crippen molar-refractivity contribution in [3.8, 4) is 0 Å². The second-order valence-corrected chi connectivity index (χ2v) is 6.44. The predicted octanol–water partition coefficient (Wildman–Crippen LogP) is 1.64. The van der Waals surface area contributed by atoms with Gasteiger partial charge in [-0.05, 0) is 18.2 Å². The van der Waals surface area contributed by atoms with E-state index in [2.05, 4.69) is 0 Å². The van der Waals surface area contributed by atoms with E-state index >= 15 is 0 Å². The first-order valence-electron chi connectivity index (χ1n) is 7.71. The average Bonchev–Trinajstić information content (AvgIpc) is 2.59. The molecule has 8 heteroatoms. The van der Waals surface area contributed by atoms with Gasteiger partial charge in [0, 0.05) is 44.9 Å². The van der Waals surface area contributed by atoms with Crippen LogP contribution in [0.5, 0.6) is 0 Å². The summed E-state index contributed by atoms with van der Waals surface area (Å²) in [5.41, 5.74) is 5.96. The van der Waals surface area contributed by atoms with Gasteiger partial charge in [-0.25, -0.2) is 0 Å². The SMILES string of the molecule is COC(CN)CC(=O)N1CCN(C(=O)c2ccc(Cl)cc2Cl)CC1. The molecule has 2 N–H and O–H groups in total. The van der Waals surface area contributed by atoms with Crippen LogP contribution >= 0.6 is 23.2 Å². The van der Waals surface area contributed by atoms with Crippen LogP contribution in [0, 0.1) is 0 Å². The Balaban J connectivity index is 1.92. The van der Waals surface area contributed by atoms with Crippen LogP contribution < -0.4 is 5.73 Å². The van der Waals surface area contributed by atoms with Gasteiger partial charge in [0.1, 0.15) is 0 Å². The molecule has 1 aliphatic rings. The van der Waals surface area contributed by atoms with Gasteiger partial charge in [-0.3, -0.25) is 9.59 Å². The van der Waals surface area contributed by atoms with Crippen molar-refractivity contribution in [3.63, 3.8) is 0 Å². The lowest BCUT2D eigenvalue weighted by Crippen LogP contribution is -2.51. The highest BCUT2D eigenvalue weighted by Crippen LogP contribution is 2.23. The highest BCUT2D eigenvalue weighted by molar-refractivity contribution is 6.36. The maximum absolute atomic E-state index is 12.5. The number of hydrogen-bond acceptors (Lipinski definition) is 4. The number of methoxy groups -OCH3 is 1. The minimum atomic E-state index is -0.273. The number of amides is 2. The molecule has 1 atom stereocenters. The van der Waals surface area contributed by atoms with E-state index in [1.54, 1.807) is 28.0 Å². The molecule has 132 valence electrons. The van der Waals surface area contributed by atoms with Gasteiger partial charge >= 0.3 is 0 Å². The summed E-state index contributed by atoms with van der Waals surface area (Å²) in [6.07, 6.45) is -0.0192. The normalized spacial score (nSPS) is 16.2. The van der Waals surface area contributed by atoms with Crippen LogP contribution in [0.4, 0.5) is 0 Å². The Labute approximate surface area is 151 Å². The van der Waals surface area contributed by atoms with E-state index in [0.29, 0.717) is 48.3 Å². The highest BCUT2D eigenvalue weighted by Gasteiger charge is 2.26. The molecule has 0 bridgehead atoms. The lowest BCUT2D eigenvalue weighted by atomic mass is 10.1. The zero-order chi connectivity index (χ0) is 17.7. The summed E-state index contributed by atoms with van der Waals surface area (Å²) in [6.45, 7) is 2.19. The summed E-state index contributed by atoms with van der Waals surface area (Å²) >= 11 is 11.9. The molecule has 1 heterocycles. The molecule has 0 aromatic heterocycles. The lowest BCUT2D eigenvalue weighted by molar-refractivity contribution is -0.135. The third kappa shape index (κ3) is 4.60. The fourth-order valence-electron chi connectivity index (χ4n) is 2.58. The molecule has 1 unspecified atom stereocenters. The Morgan fingerprint density at radius 3 is 2.38 bits per heavy atom. The van der Waals surface area contributed by atoms with Gasteiger partial charge < -0.3 is 20.3 Å². The summed E-state index contributed by atoms with van der Waals surface area (Å²) in [6, 6.07) is 4.81. The van der Waals surface area contributed by atoms with E-state index in [-0.39, 0.29) is 24.3 Å². The van der Waals surface area contributed by atoms with Gasteiger partial charge in [-0.1, -0.05) is 23.2 Å². The van der Waals surface area contributed by atoms with Crippen LogP contribution in [0.2, 0.25) is 10.0 Å². The molecule has 2 amide bonds. The van der Waals surface area contributed by atoms with E-state index in [4.69, 9.17) is 33.7 Å². The zero-order valence-corrected chi connectivity index (χ0v) is 15.0. The maximum atomic E-state index is 12.5. The molecule has 0 radical (unpaired) electrons. The van der Waals surface area contributed by atoms with Crippen molar-refractivity contribution in [1.29, 1.82) is 0 Å². The van der Waals surface area contributed by atoms with Gasteiger partial charge in [0.15, 0.2) is 0 Å². The molecule has 24 heavy (non-hydrogen) atoms. The van der Waals surface area contributed by atoms with Crippen LogP contribution in [0.25, 0.3) is 0 Å². The van der Waals surface area contributed by atoms with Gasteiger partial charge in [0.25, 0.3) is 5.91 Å². The van der Waals surface area contributed by atoms with E-state index in [9.17, 15) is 9.59 Å². The van der Waals surface area contributed by atoms with Crippen molar-refractivity contribution in [3.05, 3.63) is 33.8 Å². The third-order valence-corrected chi connectivity index (χ3v) is 4.63. The van der Waals surface area contributed by atoms with Gasteiger partial charge in [-0.2, -0.15) is 0 Å². The lowest BCUT2D eigenvalue weighted by Gasteiger charge is -2.35. The summed E-state index contributed by atoms with van der Waals surface area (Å²) in [4.78, 5) is 28.2. The summed E-state index contributed by atoms with van der Waals surface area (Å²) in [5, 5.41) is 0.816. The fraction of sp³-hybridized carbons (Fsp3) is 0.500. The van der Waals surface area contributed by atoms with Crippen molar-refractivity contribution < 1.29 is 14.3 Å². The van der Waals surface area contributed by atoms with Crippen LogP contribution in [0.15, 0.2) is 18.2 Å². The molecule has 1 aliphatic heterocycles. The number of rotatable bonds is 5. The van der Waals surface area contributed by atoms with Crippen LogP contribution in [0.1, 0.15) is 16.8 Å². The molecule has 0 spiro atoms. The quantitative estimate of drug-likeness (QED) is 0.850. The molecular weight excluding hydrogens is 353 g/mol. The topological polar surface area (TPSA) is 75.9 Å². The van der Waals surface area contributed by atoms with Crippen LogP contribution in [-0.2, 0) is 9.53 Å². The van der Waals surface area contributed by atoms with Crippen LogP contribution in [-0.4, -0.2) is 67.6 Å². The number of piperazine rings is 1. The molecule has 2 rings (SSSR count). The summed E-state index contributed by atoms with van der Waals surface area (Å²) in [7, 11) is 1.54. The monoisotopic (exact) mass is 373 g/mol. The van der Waals surface area contributed by atoms with Gasteiger partial charge in [-0.15, -0.1) is 0 Å². The summed E-state index contributed by atoms with van der Waals surface area (Å²) in [5.74, 6) is -0.163. The average molecular weight is 374 g/mol. The number of hydrogen-bond donors (Lipinski definition) is 1. The first-order chi connectivity index (χ1) is 11.5. The summed E-state index contributed by atoms with van der Waals surface area (Å²) < 4.78 is 5.14. The minimum absolute atomic E-state index is 0.0103. The number of carbonyl (C=O) groups is 2. The smallest absolute Gasteiger partial charge is 0.255 e. The number of benzene rings is 1. The number of nitrogens with two attached hydrogens (primary N) is 1. The minimum Gasteiger partial charge on any atom is -0.380 e. The molecule has 1 saturated heterocycles. The molecular formula is C16H21Cl2N3O3. The van der Waals surface area contributed by atoms with Gasteiger partial charge in [0.2, 0.25) is 5.91 Å². The van der Waals surface area contributed by atoms with E-state index < -0.39 is 0 Å². The van der Waals surface area contributed by atoms with E-state index in [0.717, 1.165) is 0 Å². The number of carbonyl (C=O) groups excluding carboxylic acids is 2. The van der Waals surface area contributed by atoms with E-state index in [1.807, 2.05) is 0 Å². The largest absolute Gasteiger partial charge is 0.380 e. The van der Waals surface area contributed by atoms with Crippen molar-refractivity contribution in [2.24, 2.45) is 5.73 Å². The molecule has 1 fully saturated rings. The molecule has 1 aromatic carbocycles. The Kier molecular flexibility index (Phi) is 6.86. The fourth-order valence-corrected chi connectivity index (χ4v) is 3.07. The first-order valence-corrected chi connectivity index (χ1v) is 8.46. The highest BCUT2D eigenvalue weighted by atomic mass is 35.5. The molecule has 0 aliphatic carbocycles. The molecule has 0 saturated carbocycles. The third-order valence-electron chi connectivity index (χ3n) is 4.08. The first kappa shape index (κ1) is 19.0. The second-order valence-electron chi connectivity index (χ2n) is 5.59. The maximum Gasteiger partial charge on any atom is 0.255 e. The predicted molar refractivity (Wildman–Crippen MR) is 93.4 cm³/mol. The molecule has 1 aromatic rings. The molecule has 6 nitrogen and oxygen atoms in total. The number of ether oxygens (including phenoxy) is 1.